The van der Waals surface area contributed by atoms with Crippen molar-refractivity contribution in [1.29, 1.82) is 0 Å². The van der Waals surface area contributed by atoms with Gasteiger partial charge in [0.2, 0.25) is 5.91 Å². The van der Waals surface area contributed by atoms with Crippen molar-refractivity contribution in [3.8, 4) is 0 Å². The van der Waals surface area contributed by atoms with Gasteiger partial charge < -0.3 is 10.2 Å². The molecule has 0 saturated carbocycles. The minimum atomic E-state index is 0.101. The lowest BCUT2D eigenvalue weighted by Gasteiger charge is -2.10. The van der Waals surface area contributed by atoms with Gasteiger partial charge in [-0.05, 0) is 22.4 Å². The number of thiophene rings is 1. The molecule has 0 spiro atoms. The molecular weight excluding hydrogens is 232 g/mol. The van der Waals surface area contributed by atoms with Gasteiger partial charge in [0.1, 0.15) is 0 Å². The number of nitrogens with zero attached hydrogens (tertiary/aromatic N) is 1. The van der Waals surface area contributed by atoms with Gasteiger partial charge >= 0.3 is 0 Å². The average Bonchev–Trinajstić information content (AvgIpc) is 2.72. The zero-order valence-corrected chi connectivity index (χ0v) is 10.9. The highest BCUT2D eigenvalue weighted by molar-refractivity contribution is 7.17. The number of benzene rings is 1. The van der Waals surface area contributed by atoms with E-state index in [0.29, 0.717) is 6.54 Å². The fraction of sp³-hybridized carbons (Fsp3) is 0.308. The van der Waals surface area contributed by atoms with Gasteiger partial charge in [-0.25, -0.2) is 0 Å². The molecule has 1 N–H and O–H groups in total. The third-order valence-electron chi connectivity index (χ3n) is 2.65. The monoisotopic (exact) mass is 248 g/mol. The summed E-state index contributed by atoms with van der Waals surface area (Å²) in [5.41, 5.74) is 1.26. The lowest BCUT2D eigenvalue weighted by molar-refractivity contribution is -0.127. The van der Waals surface area contributed by atoms with Crippen molar-refractivity contribution >= 4 is 27.3 Å². The maximum Gasteiger partial charge on any atom is 0.236 e. The van der Waals surface area contributed by atoms with Crippen LogP contribution in [0.3, 0.4) is 0 Å². The van der Waals surface area contributed by atoms with Crippen LogP contribution in [0, 0.1) is 0 Å². The molecule has 1 amide bonds. The van der Waals surface area contributed by atoms with E-state index in [1.165, 1.54) is 15.6 Å². The van der Waals surface area contributed by atoms with Gasteiger partial charge in [0.25, 0.3) is 0 Å². The summed E-state index contributed by atoms with van der Waals surface area (Å²) in [5.74, 6) is 0.101. The molecule has 0 saturated heterocycles. The Hall–Kier alpha value is -1.39. The lowest BCUT2D eigenvalue weighted by atomic mass is 10.2. The third kappa shape index (κ3) is 2.84. The van der Waals surface area contributed by atoms with Gasteiger partial charge in [0.15, 0.2) is 0 Å². The van der Waals surface area contributed by atoms with Crippen LogP contribution >= 0.6 is 11.3 Å². The molecule has 0 radical (unpaired) electrons. The summed E-state index contributed by atoms with van der Waals surface area (Å²) in [6.45, 7) is 1.13. The fourth-order valence-corrected chi connectivity index (χ4v) is 2.59. The summed E-state index contributed by atoms with van der Waals surface area (Å²) in [4.78, 5) is 13.0. The molecule has 2 aromatic rings. The van der Waals surface area contributed by atoms with Crippen molar-refractivity contribution in [3.05, 3.63) is 35.2 Å². The van der Waals surface area contributed by atoms with Crippen LogP contribution in [0.15, 0.2) is 29.6 Å². The molecule has 90 valence electrons. The third-order valence-corrected chi connectivity index (χ3v) is 3.66. The average molecular weight is 248 g/mol. The highest BCUT2D eigenvalue weighted by Gasteiger charge is 2.05. The molecule has 4 heteroatoms. The summed E-state index contributed by atoms with van der Waals surface area (Å²) >= 11 is 1.74. The van der Waals surface area contributed by atoms with Crippen LogP contribution in [0.2, 0.25) is 0 Å². The fourth-order valence-electron chi connectivity index (χ4n) is 1.63. The minimum Gasteiger partial charge on any atom is -0.348 e. The molecule has 0 unspecified atom stereocenters. The summed E-state index contributed by atoms with van der Waals surface area (Å²) in [6, 6.07) is 8.33. The van der Waals surface area contributed by atoms with E-state index in [2.05, 4.69) is 22.8 Å². The van der Waals surface area contributed by atoms with Crippen LogP contribution in [-0.4, -0.2) is 31.4 Å². The van der Waals surface area contributed by atoms with Crippen LogP contribution in [0.25, 0.3) is 10.1 Å². The molecular formula is C13H16N2OS. The Labute approximate surface area is 105 Å². The van der Waals surface area contributed by atoms with Gasteiger partial charge in [-0.2, -0.15) is 0 Å². The normalized spacial score (nSPS) is 10.7. The molecule has 0 atom stereocenters. The smallest absolute Gasteiger partial charge is 0.236 e. The van der Waals surface area contributed by atoms with Crippen molar-refractivity contribution in [2.75, 3.05) is 20.6 Å². The number of carbonyl (C=O) groups excluding carboxylic acids is 1. The second kappa shape index (κ2) is 5.29. The van der Waals surface area contributed by atoms with Crippen molar-refractivity contribution in [3.63, 3.8) is 0 Å². The van der Waals surface area contributed by atoms with E-state index >= 15 is 0 Å². The van der Waals surface area contributed by atoms with Gasteiger partial charge in [-0.3, -0.25) is 4.79 Å². The SMILES string of the molecule is CN(C)C(=O)CNCc1csc2ccccc12. The summed E-state index contributed by atoms with van der Waals surface area (Å²) in [5, 5.41) is 6.61. The van der Waals surface area contributed by atoms with E-state index in [0.717, 1.165) is 6.54 Å². The van der Waals surface area contributed by atoms with E-state index in [4.69, 9.17) is 0 Å². The van der Waals surface area contributed by atoms with E-state index < -0.39 is 0 Å². The highest BCUT2D eigenvalue weighted by atomic mass is 32.1. The van der Waals surface area contributed by atoms with Crippen molar-refractivity contribution in [2.24, 2.45) is 0 Å². The maximum atomic E-state index is 11.4. The van der Waals surface area contributed by atoms with Gasteiger partial charge in [-0.15, -0.1) is 11.3 Å². The number of hydrogen-bond acceptors (Lipinski definition) is 3. The molecule has 0 fully saturated rings. The first-order chi connectivity index (χ1) is 8.18. The Morgan fingerprint density at radius 2 is 2.12 bits per heavy atom. The quantitative estimate of drug-likeness (QED) is 0.898. The topological polar surface area (TPSA) is 32.3 Å². The molecule has 0 aliphatic heterocycles. The first-order valence-corrected chi connectivity index (χ1v) is 6.42. The first-order valence-electron chi connectivity index (χ1n) is 5.54. The standard InChI is InChI=1S/C13H16N2OS/c1-15(2)13(16)8-14-7-10-9-17-12-6-4-3-5-11(10)12/h3-6,9,14H,7-8H2,1-2H3. The van der Waals surface area contributed by atoms with Gasteiger partial charge in [-0.1, -0.05) is 18.2 Å². The molecule has 1 aromatic carbocycles. The highest BCUT2D eigenvalue weighted by Crippen LogP contribution is 2.25. The molecule has 2 rings (SSSR count). The molecule has 3 nitrogen and oxygen atoms in total. The van der Waals surface area contributed by atoms with Crippen LogP contribution in [-0.2, 0) is 11.3 Å². The van der Waals surface area contributed by atoms with Crippen molar-refractivity contribution in [2.45, 2.75) is 6.54 Å². The van der Waals surface area contributed by atoms with Crippen molar-refractivity contribution < 1.29 is 4.79 Å². The zero-order valence-electron chi connectivity index (χ0n) is 10.1. The Balaban J connectivity index is 1.98. The maximum absolute atomic E-state index is 11.4. The van der Waals surface area contributed by atoms with Crippen LogP contribution < -0.4 is 5.32 Å². The minimum absolute atomic E-state index is 0.101. The number of amides is 1. The Bertz CT molecular complexity index is 519. The molecule has 1 heterocycles. The predicted octanol–water partition coefficient (Wildman–Crippen LogP) is 2.08. The number of nitrogens with one attached hydrogen (secondary N) is 1. The zero-order chi connectivity index (χ0) is 12.3. The van der Waals surface area contributed by atoms with E-state index in [9.17, 15) is 4.79 Å². The number of hydrogen-bond donors (Lipinski definition) is 1. The molecule has 0 bridgehead atoms. The Kier molecular flexibility index (Phi) is 3.76. The summed E-state index contributed by atoms with van der Waals surface area (Å²) < 4.78 is 1.29. The van der Waals surface area contributed by atoms with E-state index in [1.807, 2.05) is 12.1 Å². The second-order valence-corrected chi connectivity index (χ2v) is 5.06. The van der Waals surface area contributed by atoms with Crippen LogP contribution in [0.1, 0.15) is 5.56 Å². The number of likely N-dealkylation sites (N-methyl/N-ethyl adjacent to an activating group) is 1. The molecule has 17 heavy (non-hydrogen) atoms. The summed E-state index contributed by atoms with van der Waals surface area (Å²) in [7, 11) is 3.54. The molecule has 0 aliphatic carbocycles. The largest absolute Gasteiger partial charge is 0.348 e. The van der Waals surface area contributed by atoms with Crippen LogP contribution in [0.4, 0.5) is 0 Å². The Morgan fingerprint density at radius 1 is 1.35 bits per heavy atom. The number of fused-ring (bicyclic) bond motifs is 1. The predicted molar refractivity (Wildman–Crippen MR) is 72.2 cm³/mol. The lowest BCUT2D eigenvalue weighted by Crippen LogP contribution is -2.32. The van der Waals surface area contributed by atoms with Gasteiger partial charge in [0.05, 0.1) is 6.54 Å². The van der Waals surface area contributed by atoms with Gasteiger partial charge in [0, 0.05) is 25.3 Å². The van der Waals surface area contributed by atoms with E-state index in [1.54, 1.807) is 30.3 Å². The second-order valence-electron chi connectivity index (χ2n) is 4.15. The first kappa shape index (κ1) is 12.1. The van der Waals surface area contributed by atoms with E-state index in [-0.39, 0.29) is 5.91 Å². The molecule has 0 aliphatic rings. The number of rotatable bonds is 4. The van der Waals surface area contributed by atoms with Crippen molar-refractivity contribution in [1.82, 2.24) is 10.2 Å². The number of carbonyl (C=O) groups is 1. The Morgan fingerprint density at radius 3 is 2.88 bits per heavy atom. The van der Waals surface area contributed by atoms with Crippen LogP contribution in [0.5, 0.6) is 0 Å². The summed E-state index contributed by atoms with van der Waals surface area (Å²) in [6.07, 6.45) is 0. The molecule has 1 aromatic heterocycles.